The highest BCUT2D eigenvalue weighted by atomic mass is 19.1. The van der Waals surface area contributed by atoms with Gasteiger partial charge in [0.2, 0.25) is 5.88 Å². The fourth-order valence-corrected chi connectivity index (χ4v) is 4.89. The van der Waals surface area contributed by atoms with E-state index < -0.39 is 29.5 Å². The second kappa shape index (κ2) is 13.3. The number of rotatable bonds is 12. The second-order valence-electron chi connectivity index (χ2n) is 10.3. The Morgan fingerprint density at radius 1 is 0.932 bits per heavy atom. The molecule has 44 heavy (non-hydrogen) atoms. The third-order valence-electron chi connectivity index (χ3n) is 7.21. The van der Waals surface area contributed by atoms with Gasteiger partial charge in [-0.05, 0) is 60.5 Å². The van der Waals surface area contributed by atoms with Gasteiger partial charge in [-0.15, -0.1) is 0 Å². The van der Waals surface area contributed by atoms with E-state index >= 15 is 8.78 Å². The zero-order valence-corrected chi connectivity index (χ0v) is 24.3. The SMILES string of the molecule is COC[C@@H](Cn1c(Cc2cc(F)c(-c3cccc(OCc4ccc(C)cc4F)n3)cc2F)nc2ccc(C(=O)O)cc21)OC. The zero-order chi connectivity index (χ0) is 31.4. The molecule has 3 aromatic carbocycles. The van der Waals surface area contributed by atoms with Gasteiger partial charge in [-0.3, -0.25) is 0 Å². The molecule has 0 bridgehead atoms. The number of carboxylic acid groups (broad SMARTS) is 1. The number of benzene rings is 3. The van der Waals surface area contributed by atoms with Crippen LogP contribution in [0.2, 0.25) is 0 Å². The Kier molecular flexibility index (Phi) is 9.26. The number of aromatic carboxylic acids is 1. The van der Waals surface area contributed by atoms with E-state index in [-0.39, 0.29) is 54.4 Å². The van der Waals surface area contributed by atoms with Crippen LogP contribution in [0.15, 0.2) is 66.7 Å². The quantitative estimate of drug-likeness (QED) is 0.177. The predicted octanol–water partition coefficient (Wildman–Crippen LogP) is 6.35. The van der Waals surface area contributed by atoms with Crippen molar-refractivity contribution >= 4 is 17.0 Å². The van der Waals surface area contributed by atoms with Crippen LogP contribution in [0.3, 0.4) is 0 Å². The Morgan fingerprint density at radius 3 is 2.45 bits per heavy atom. The van der Waals surface area contributed by atoms with Crippen molar-refractivity contribution in [1.82, 2.24) is 14.5 Å². The Labute approximate surface area is 251 Å². The smallest absolute Gasteiger partial charge is 0.335 e. The molecule has 0 aliphatic carbocycles. The van der Waals surface area contributed by atoms with E-state index in [9.17, 15) is 14.3 Å². The van der Waals surface area contributed by atoms with E-state index in [1.807, 2.05) is 0 Å². The molecule has 1 N–H and O–H groups in total. The first-order valence-electron chi connectivity index (χ1n) is 13.7. The van der Waals surface area contributed by atoms with E-state index in [0.29, 0.717) is 22.4 Å². The van der Waals surface area contributed by atoms with E-state index in [2.05, 4.69) is 9.97 Å². The number of carboxylic acids is 1. The number of pyridine rings is 1. The van der Waals surface area contributed by atoms with Gasteiger partial charge in [0.05, 0.1) is 41.5 Å². The second-order valence-corrected chi connectivity index (χ2v) is 10.3. The van der Waals surface area contributed by atoms with Gasteiger partial charge in [0.15, 0.2) is 0 Å². The molecule has 8 nitrogen and oxygen atoms in total. The minimum absolute atomic E-state index is 0.0456. The van der Waals surface area contributed by atoms with E-state index in [4.69, 9.17) is 14.2 Å². The summed E-state index contributed by atoms with van der Waals surface area (Å²) in [7, 11) is 3.05. The van der Waals surface area contributed by atoms with Crippen molar-refractivity contribution in [3.63, 3.8) is 0 Å². The molecule has 2 heterocycles. The third kappa shape index (κ3) is 6.74. The molecule has 1 atom stereocenters. The summed E-state index contributed by atoms with van der Waals surface area (Å²) < 4.78 is 63.3. The van der Waals surface area contributed by atoms with Crippen LogP contribution in [-0.4, -0.2) is 52.5 Å². The number of nitrogens with zero attached hydrogens (tertiary/aromatic N) is 3. The number of hydrogen-bond donors (Lipinski definition) is 1. The first-order chi connectivity index (χ1) is 21.2. The summed E-state index contributed by atoms with van der Waals surface area (Å²) in [5.41, 5.74) is 2.32. The molecule has 228 valence electrons. The molecule has 0 saturated heterocycles. The summed E-state index contributed by atoms with van der Waals surface area (Å²) in [5, 5.41) is 9.50. The van der Waals surface area contributed by atoms with Gasteiger partial charge in [-0.25, -0.2) is 27.9 Å². The van der Waals surface area contributed by atoms with Crippen LogP contribution in [0.25, 0.3) is 22.3 Å². The van der Waals surface area contributed by atoms with Crippen LogP contribution in [0.5, 0.6) is 5.88 Å². The van der Waals surface area contributed by atoms with Gasteiger partial charge < -0.3 is 23.9 Å². The molecule has 0 radical (unpaired) electrons. The van der Waals surface area contributed by atoms with E-state index in [1.54, 1.807) is 41.8 Å². The summed E-state index contributed by atoms with van der Waals surface area (Å²) in [6, 6.07) is 16.1. The van der Waals surface area contributed by atoms with E-state index in [0.717, 1.165) is 17.7 Å². The Hall–Kier alpha value is -4.74. The minimum Gasteiger partial charge on any atom is -0.478 e. The maximum Gasteiger partial charge on any atom is 0.335 e. The highest BCUT2D eigenvalue weighted by Gasteiger charge is 2.20. The highest BCUT2D eigenvalue weighted by Crippen LogP contribution is 2.28. The van der Waals surface area contributed by atoms with Gasteiger partial charge in [0.1, 0.15) is 29.9 Å². The number of aryl methyl sites for hydroxylation is 1. The number of ether oxygens (including phenoxy) is 3. The maximum absolute atomic E-state index is 15.5. The van der Waals surface area contributed by atoms with Crippen LogP contribution in [0.1, 0.15) is 32.9 Å². The Morgan fingerprint density at radius 2 is 1.73 bits per heavy atom. The lowest BCUT2D eigenvalue weighted by molar-refractivity contribution is 0.0186. The fraction of sp³-hybridized carbons (Fsp3) is 0.242. The lowest BCUT2D eigenvalue weighted by atomic mass is 10.0. The molecule has 0 unspecified atom stereocenters. The van der Waals surface area contributed by atoms with Crippen LogP contribution >= 0.6 is 0 Å². The number of imidazole rings is 1. The summed E-state index contributed by atoms with van der Waals surface area (Å²) in [5.74, 6) is -2.37. The summed E-state index contributed by atoms with van der Waals surface area (Å²) in [6.07, 6.45) is -0.487. The highest BCUT2D eigenvalue weighted by molar-refractivity contribution is 5.92. The Bertz CT molecular complexity index is 1820. The van der Waals surface area contributed by atoms with Crippen LogP contribution in [-0.2, 0) is 29.0 Å². The lowest BCUT2D eigenvalue weighted by Gasteiger charge is -2.18. The van der Waals surface area contributed by atoms with Crippen molar-refractivity contribution in [2.75, 3.05) is 20.8 Å². The number of carbonyl (C=O) groups is 1. The van der Waals surface area contributed by atoms with Crippen LogP contribution in [0.4, 0.5) is 13.2 Å². The first kappa shape index (κ1) is 30.7. The molecular formula is C33H30F3N3O5. The normalized spacial score (nSPS) is 12.0. The van der Waals surface area contributed by atoms with Crippen molar-refractivity contribution < 1.29 is 37.3 Å². The van der Waals surface area contributed by atoms with Crippen molar-refractivity contribution in [2.45, 2.75) is 32.6 Å². The molecule has 11 heteroatoms. The molecule has 5 aromatic rings. The number of fused-ring (bicyclic) bond motifs is 1. The lowest BCUT2D eigenvalue weighted by Crippen LogP contribution is -2.25. The molecule has 0 aliphatic heterocycles. The van der Waals surface area contributed by atoms with Crippen LogP contribution < -0.4 is 4.74 Å². The number of methoxy groups -OCH3 is 2. The van der Waals surface area contributed by atoms with Crippen molar-refractivity contribution in [1.29, 1.82) is 0 Å². The molecule has 5 rings (SSSR count). The number of aromatic nitrogens is 3. The molecule has 0 saturated carbocycles. The van der Waals surface area contributed by atoms with Gasteiger partial charge in [-0.1, -0.05) is 18.2 Å². The van der Waals surface area contributed by atoms with Gasteiger partial charge in [0.25, 0.3) is 0 Å². The van der Waals surface area contributed by atoms with Gasteiger partial charge in [0, 0.05) is 37.8 Å². The third-order valence-corrected chi connectivity index (χ3v) is 7.21. The van der Waals surface area contributed by atoms with Crippen molar-refractivity contribution in [3.8, 4) is 17.1 Å². The van der Waals surface area contributed by atoms with Crippen LogP contribution in [0, 0.1) is 24.4 Å². The topological polar surface area (TPSA) is 95.7 Å². The van der Waals surface area contributed by atoms with Gasteiger partial charge >= 0.3 is 5.97 Å². The predicted molar refractivity (Wildman–Crippen MR) is 157 cm³/mol. The average molecular weight is 606 g/mol. The largest absolute Gasteiger partial charge is 0.478 e. The molecule has 0 aliphatic rings. The molecular weight excluding hydrogens is 575 g/mol. The number of hydrogen-bond acceptors (Lipinski definition) is 6. The summed E-state index contributed by atoms with van der Waals surface area (Å²) in [4.78, 5) is 20.5. The molecule has 0 spiro atoms. The van der Waals surface area contributed by atoms with Gasteiger partial charge in [-0.2, -0.15) is 0 Å². The fourth-order valence-electron chi connectivity index (χ4n) is 4.89. The van der Waals surface area contributed by atoms with Crippen molar-refractivity contribution in [3.05, 3.63) is 112 Å². The average Bonchev–Trinajstić information content (AvgIpc) is 3.34. The zero-order valence-electron chi connectivity index (χ0n) is 24.3. The standard InChI is InChI=1S/C33H30F3N3O5/c1-19-7-8-21(25(34)11-19)17-44-32-6-4-5-28(38-32)24-15-26(35)22(12-27(24)36)14-31-37-29-10-9-20(33(40)41)13-30(29)39(31)16-23(43-3)18-42-2/h4-13,15,23H,14,16-18H2,1-3H3,(H,40,41)/t23-/m1/s1. The summed E-state index contributed by atoms with van der Waals surface area (Å²) >= 11 is 0. The maximum atomic E-state index is 15.5. The monoisotopic (exact) mass is 605 g/mol. The first-order valence-corrected chi connectivity index (χ1v) is 13.7. The molecule has 2 aromatic heterocycles. The molecule has 0 fully saturated rings. The van der Waals surface area contributed by atoms with Crippen molar-refractivity contribution in [2.24, 2.45) is 0 Å². The Balaban J connectivity index is 1.43. The minimum atomic E-state index is -1.10. The molecule has 0 amide bonds. The number of halogens is 3. The van der Waals surface area contributed by atoms with E-state index in [1.165, 1.54) is 38.5 Å². The summed E-state index contributed by atoms with van der Waals surface area (Å²) in [6.45, 7) is 2.19.